The van der Waals surface area contributed by atoms with Crippen molar-refractivity contribution in [2.45, 2.75) is 13.0 Å². The minimum atomic E-state index is -0.227. The predicted octanol–water partition coefficient (Wildman–Crippen LogP) is 3.35. The predicted molar refractivity (Wildman–Crippen MR) is 104 cm³/mol. The number of H-pyrrole nitrogens is 1. The van der Waals surface area contributed by atoms with Crippen LogP contribution in [0.15, 0.2) is 48.5 Å². The van der Waals surface area contributed by atoms with Crippen LogP contribution in [0.3, 0.4) is 0 Å². The first-order valence-corrected chi connectivity index (χ1v) is 9.04. The number of nitrogens with one attached hydrogen (secondary N) is 2. The number of rotatable bonds is 5. The molecule has 2 heterocycles. The third kappa shape index (κ3) is 3.64. The lowest BCUT2D eigenvalue weighted by Crippen LogP contribution is -2.27. The summed E-state index contributed by atoms with van der Waals surface area (Å²) < 4.78 is 16.3. The second kappa shape index (κ2) is 7.64. The summed E-state index contributed by atoms with van der Waals surface area (Å²) in [6, 6.07) is 14.7. The number of aromatic nitrogens is 2. The second-order valence-electron chi connectivity index (χ2n) is 6.49. The number of hydrogen-bond acceptors (Lipinski definition) is 5. The molecule has 0 radical (unpaired) electrons. The van der Waals surface area contributed by atoms with E-state index in [1.807, 2.05) is 49.4 Å². The van der Waals surface area contributed by atoms with Crippen molar-refractivity contribution in [1.82, 2.24) is 15.5 Å². The maximum Gasteiger partial charge on any atom is 0.269 e. The lowest BCUT2D eigenvalue weighted by atomic mass is 10.1. The lowest BCUT2D eigenvalue weighted by molar-refractivity contribution is 0.0934. The Bertz CT molecular complexity index is 982. The van der Waals surface area contributed by atoms with E-state index in [9.17, 15) is 4.79 Å². The lowest BCUT2D eigenvalue weighted by Gasteiger charge is -2.21. The fourth-order valence-electron chi connectivity index (χ4n) is 3.03. The molecule has 0 saturated heterocycles. The Balaban J connectivity index is 1.45. The molecule has 0 unspecified atom stereocenters. The van der Waals surface area contributed by atoms with Gasteiger partial charge in [-0.05, 0) is 55.0 Å². The normalized spacial score (nSPS) is 13.6. The van der Waals surface area contributed by atoms with E-state index < -0.39 is 0 Å². The van der Waals surface area contributed by atoms with Gasteiger partial charge in [0.05, 0.1) is 18.8 Å². The molecule has 1 aromatic heterocycles. The molecule has 2 aromatic carbocycles. The minimum absolute atomic E-state index is 0.198. The van der Waals surface area contributed by atoms with Crippen LogP contribution < -0.4 is 19.5 Å². The van der Waals surface area contributed by atoms with Crippen LogP contribution in [0.2, 0.25) is 0 Å². The Labute approximate surface area is 162 Å². The molecular weight excluding hydrogens is 358 g/mol. The number of benzene rings is 2. The maximum absolute atomic E-state index is 12.6. The SMILES string of the molecule is COc1ccc(-c2cc(C(=O)N[C@@H](C)c3ccc4c(c3)OCCO4)[nH]n2)cc1. The second-order valence-corrected chi connectivity index (χ2v) is 6.49. The number of carbonyl (C=O) groups is 1. The zero-order valence-electron chi connectivity index (χ0n) is 15.7. The highest BCUT2D eigenvalue weighted by Crippen LogP contribution is 2.32. The molecule has 2 N–H and O–H groups in total. The number of hydrogen-bond donors (Lipinski definition) is 2. The smallest absolute Gasteiger partial charge is 0.269 e. The summed E-state index contributed by atoms with van der Waals surface area (Å²) in [7, 11) is 1.62. The Morgan fingerprint density at radius 1 is 1.11 bits per heavy atom. The Kier molecular flexibility index (Phi) is 4.89. The first-order chi connectivity index (χ1) is 13.6. The summed E-state index contributed by atoms with van der Waals surface area (Å²) in [4.78, 5) is 12.6. The van der Waals surface area contributed by atoms with Gasteiger partial charge in [-0.15, -0.1) is 0 Å². The van der Waals surface area contributed by atoms with Crippen molar-refractivity contribution in [3.8, 4) is 28.5 Å². The zero-order chi connectivity index (χ0) is 19.5. The van der Waals surface area contributed by atoms with Crippen molar-refractivity contribution in [3.05, 3.63) is 59.8 Å². The molecule has 7 nitrogen and oxygen atoms in total. The van der Waals surface area contributed by atoms with Crippen molar-refractivity contribution in [3.63, 3.8) is 0 Å². The van der Waals surface area contributed by atoms with Gasteiger partial charge in [-0.25, -0.2) is 0 Å². The van der Waals surface area contributed by atoms with Gasteiger partial charge in [-0.3, -0.25) is 9.89 Å². The molecule has 0 bridgehead atoms. The van der Waals surface area contributed by atoms with Crippen molar-refractivity contribution in [2.24, 2.45) is 0 Å². The average Bonchev–Trinajstić information content (AvgIpc) is 3.24. The van der Waals surface area contributed by atoms with E-state index in [2.05, 4.69) is 15.5 Å². The summed E-state index contributed by atoms with van der Waals surface area (Å²) in [6.07, 6.45) is 0. The number of aromatic amines is 1. The monoisotopic (exact) mass is 379 g/mol. The van der Waals surface area contributed by atoms with Crippen LogP contribution in [-0.2, 0) is 0 Å². The van der Waals surface area contributed by atoms with Crippen LogP contribution in [0.5, 0.6) is 17.2 Å². The highest BCUT2D eigenvalue weighted by atomic mass is 16.6. The van der Waals surface area contributed by atoms with E-state index in [0.717, 1.165) is 22.6 Å². The van der Waals surface area contributed by atoms with E-state index in [4.69, 9.17) is 14.2 Å². The average molecular weight is 379 g/mol. The Hall–Kier alpha value is -3.48. The number of nitrogens with zero attached hydrogens (tertiary/aromatic N) is 1. The number of amides is 1. The van der Waals surface area contributed by atoms with Gasteiger partial charge in [0, 0.05) is 5.56 Å². The summed E-state index contributed by atoms with van der Waals surface area (Å²) in [5.74, 6) is 1.97. The van der Waals surface area contributed by atoms with Gasteiger partial charge >= 0.3 is 0 Å². The molecule has 144 valence electrons. The molecule has 0 aliphatic carbocycles. The van der Waals surface area contributed by atoms with Gasteiger partial charge in [0.2, 0.25) is 0 Å². The molecule has 0 saturated carbocycles. The Morgan fingerprint density at radius 3 is 2.61 bits per heavy atom. The van der Waals surface area contributed by atoms with E-state index in [-0.39, 0.29) is 11.9 Å². The van der Waals surface area contributed by atoms with Gasteiger partial charge in [-0.2, -0.15) is 5.10 Å². The van der Waals surface area contributed by atoms with Gasteiger partial charge in [0.15, 0.2) is 11.5 Å². The fourth-order valence-corrected chi connectivity index (χ4v) is 3.03. The molecule has 0 fully saturated rings. The third-order valence-corrected chi connectivity index (χ3v) is 4.62. The first-order valence-electron chi connectivity index (χ1n) is 9.04. The standard InChI is InChI=1S/C21H21N3O4/c1-13(15-5-8-19-20(11-15)28-10-9-27-19)22-21(25)18-12-17(23-24-18)14-3-6-16(26-2)7-4-14/h3-8,11-13H,9-10H2,1-2H3,(H,22,25)(H,23,24)/t13-/m0/s1. The first kappa shape index (κ1) is 17.9. The topological polar surface area (TPSA) is 85.5 Å². The van der Waals surface area contributed by atoms with E-state index >= 15 is 0 Å². The molecule has 1 atom stereocenters. The number of methoxy groups -OCH3 is 1. The highest BCUT2D eigenvalue weighted by Gasteiger charge is 2.18. The van der Waals surface area contributed by atoms with Gasteiger partial charge in [0.1, 0.15) is 24.7 Å². The van der Waals surface area contributed by atoms with E-state index in [1.54, 1.807) is 13.2 Å². The maximum atomic E-state index is 12.6. The third-order valence-electron chi connectivity index (χ3n) is 4.62. The number of carbonyl (C=O) groups excluding carboxylic acids is 1. The number of fused-ring (bicyclic) bond motifs is 1. The quantitative estimate of drug-likeness (QED) is 0.710. The van der Waals surface area contributed by atoms with Crippen LogP contribution in [0.4, 0.5) is 0 Å². The molecule has 1 aliphatic heterocycles. The van der Waals surface area contributed by atoms with Crippen LogP contribution in [-0.4, -0.2) is 36.4 Å². The summed E-state index contributed by atoms with van der Waals surface area (Å²) >= 11 is 0. The van der Waals surface area contributed by atoms with E-state index in [0.29, 0.717) is 30.4 Å². The number of ether oxygens (including phenoxy) is 3. The van der Waals surface area contributed by atoms with Crippen molar-refractivity contribution in [2.75, 3.05) is 20.3 Å². The largest absolute Gasteiger partial charge is 0.497 e. The van der Waals surface area contributed by atoms with Crippen LogP contribution in [0.25, 0.3) is 11.3 Å². The van der Waals surface area contributed by atoms with E-state index in [1.165, 1.54) is 0 Å². The molecule has 4 rings (SSSR count). The van der Waals surface area contributed by atoms with Crippen molar-refractivity contribution in [1.29, 1.82) is 0 Å². The molecule has 7 heteroatoms. The summed E-state index contributed by atoms with van der Waals surface area (Å²) in [5, 5.41) is 10.0. The molecule has 1 amide bonds. The van der Waals surface area contributed by atoms with Crippen LogP contribution in [0, 0.1) is 0 Å². The molecule has 0 spiro atoms. The molecule has 28 heavy (non-hydrogen) atoms. The minimum Gasteiger partial charge on any atom is -0.497 e. The van der Waals surface area contributed by atoms with Gasteiger partial charge < -0.3 is 19.5 Å². The molecular formula is C21H21N3O4. The fraction of sp³-hybridized carbons (Fsp3) is 0.238. The summed E-state index contributed by atoms with van der Waals surface area (Å²) in [5.41, 5.74) is 2.93. The van der Waals surface area contributed by atoms with Crippen molar-refractivity contribution >= 4 is 5.91 Å². The molecule has 1 aliphatic rings. The van der Waals surface area contributed by atoms with Gasteiger partial charge in [-0.1, -0.05) is 6.07 Å². The van der Waals surface area contributed by atoms with Gasteiger partial charge in [0.25, 0.3) is 5.91 Å². The van der Waals surface area contributed by atoms with Crippen LogP contribution >= 0.6 is 0 Å². The summed E-state index contributed by atoms with van der Waals surface area (Å²) in [6.45, 7) is 3.00. The molecule has 3 aromatic rings. The van der Waals surface area contributed by atoms with Crippen LogP contribution in [0.1, 0.15) is 29.0 Å². The Morgan fingerprint density at radius 2 is 1.86 bits per heavy atom. The zero-order valence-corrected chi connectivity index (χ0v) is 15.7. The highest BCUT2D eigenvalue weighted by molar-refractivity contribution is 5.93. The van der Waals surface area contributed by atoms with Crippen molar-refractivity contribution < 1.29 is 19.0 Å².